The molecule has 0 atom stereocenters. The van der Waals surface area contributed by atoms with E-state index in [0.29, 0.717) is 0 Å². The van der Waals surface area contributed by atoms with Gasteiger partial charge in [-0.15, -0.1) is 0 Å². The van der Waals surface area contributed by atoms with Crippen LogP contribution in [0.2, 0.25) is 0 Å². The highest BCUT2D eigenvalue weighted by atomic mass is 16.6. The zero-order valence-electron chi connectivity index (χ0n) is 10.6. The van der Waals surface area contributed by atoms with Gasteiger partial charge in [0, 0.05) is 14.1 Å². The van der Waals surface area contributed by atoms with E-state index in [1.54, 1.807) is 0 Å². The zero-order valence-corrected chi connectivity index (χ0v) is 10.6. The maximum Gasteiger partial charge on any atom is 0.320 e. The van der Waals surface area contributed by atoms with E-state index in [1.165, 1.54) is 25.0 Å². The van der Waals surface area contributed by atoms with Crippen molar-refractivity contribution in [2.45, 2.75) is 0 Å². The summed E-state index contributed by atoms with van der Waals surface area (Å²) in [5.74, 6) is -0.579. The summed E-state index contributed by atoms with van der Waals surface area (Å²) in [5, 5.41) is 29.7. The number of aryl methyl sites for hydroxylation is 2. The third kappa shape index (κ3) is 2.07. The fourth-order valence-corrected chi connectivity index (χ4v) is 1.66. The van der Waals surface area contributed by atoms with Crippen LogP contribution >= 0.6 is 0 Å². The summed E-state index contributed by atoms with van der Waals surface area (Å²) < 4.78 is 2.38. The predicted octanol–water partition coefficient (Wildman–Crippen LogP) is 0.186. The number of carbonyl (C=O) groups is 1. The van der Waals surface area contributed by atoms with Gasteiger partial charge in [0.15, 0.2) is 0 Å². The molecule has 10 heteroatoms. The SMILES string of the molecule is Cn1ncc(C#N)c1NC(=O)c1c([N+](=O)[O-])cnn1C. The number of nitriles is 1. The minimum absolute atomic E-state index is 0.158. The van der Waals surface area contributed by atoms with Crippen LogP contribution in [0, 0.1) is 21.4 Å². The van der Waals surface area contributed by atoms with E-state index < -0.39 is 16.5 Å². The molecule has 2 heterocycles. The molecule has 10 nitrogen and oxygen atoms in total. The van der Waals surface area contributed by atoms with Gasteiger partial charge in [0.25, 0.3) is 5.91 Å². The average molecular weight is 275 g/mol. The summed E-state index contributed by atoms with van der Waals surface area (Å²) in [6.45, 7) is 0. The molecule has 1 N–H and O–H groups in total. The maximum absolute atomic E-state index is 12.1. The number of amides is 1. The van der Waals surface area contributed by atoms with Crippen molar-refractivity contribution < 1.29 is 9.72 Å². The van der Waals surface area contributed by atoms with Gasteiger partial charge in [0.1, 0.15) is 23.6 Å². The van der Waals surface area contributed by atoms with Crippen LogP contribution in [-0.2, 0) is 14.1 Å². The van der Waals surface area contributed by atoms with Crippen molar-refractivity contribution in [3.63, 3.8) is 0 Å². The number of nitrogens with one attached hydrogen (secondary N) is 1. The van der Waals surface area contributed by atoms with Gasteiger partial charge in [-0.2, -0.15) is 15.5 Å². The Kier molecular flexibility index (Phi) is 3.18. The van der Waals surface area contributed by atoms with E-state index in [-0.39, 0.29) is 17.1 Å². The van der Waals surface area contributed by atoms with Crippen LogP contribution in [0.4, 0.5) is 11.5 Å². The molecule has 0 aliphatic heterocycles. The Morgan fingerprint density at radius 2 is 2.05 bits per heavy atom. The van der Waals surface area contributed by atoms with Crippen LogP contribution < -0.4 is 5.32 Å². The van der Waals surface area contributed by atoms with Gasteiger partial charge in [-0.25, -0.2) is 0 Å². The summed E-state index contributed by atoms with van der Waals surface area (Å²) in [6, 6.07) is 1.86. The number of nitro groups is 1. The molecule has 0 aromatic carbocycles. The van der Waals surface area contributed by atoms with Crippen molar-refractivity contribution in [2.24, 2.45) is 14.1 Å². The lowest BCUT2D eigenvalue weighted by molar-refractivity contribution is -0.385. The first-order chi connectivity index (χ1) is 9.45. The Morgan fingerprint density at radius 3 is 2.65 bits per heavy atom. The zero-order chi connectivity index (χ0) is 14.9. The van der Waals surface area contributed by atoms with Crippen LogP contribution in [0.15, 0.2) is 12.4 Å². The highest BCUT2D eigenvalue weighted by Gasteiger charge is 2.26. The molecule has 20 heavy (non-hydrogen) atoms. The lowest BCUT2D eigenvalue weighted by Crippen LogP contribution is -2.19. The summed E-state index contributed by atoms with van der Waals surface area (Å²) in [6.07, 6.45) is 2.27. The van der Waals surface area contributed by atoms with Crippen molar-refractivity contribution in [2.75, 3.05) is 5.32 Å². The van der Waals surface area contributed by atoms with Crippen LogP contribution in [0.5, 0.6) is 0 Å². The van der Waals surface area contributed by atoms with Gasteiger partial charge in [0.05, 0.1) is 11.1 Å². The van der Waals surface area contributed by atoms with E-state index in [4.69, 9.17) is 5.26 Å². The second-order valence-corrected chi connectivity index (χ2v) is 3.86. The third-order valence-corrected chi connectivity index (χ3v) is 2.62. The summed E-state index contributed by atoms with van der Waals surface area (Å²) in [5.41, 5.74) is -0.462. The smallest absolute Gasteiger partial charge is 0.304 e. The van der Waals surface area contributed by atoms with Gasteiger partial charge < -0.3 is 5.32 Å². The quantitative estimate of drug-likeness (QED) is 0.628. The lowest BCUT2D eigenvalue weighted by atomic mass is 10.3. The number of nitrogens with zero attached hydrogens (tertiary/aromatic N) is 6. The molecule has 0 radical (unpaired) electrons. The Bertz CT molecular complexity index is 737. The van der Waals surface area contributed by atoms with E-state index in [2.05, 4.69) is 15.5 Å². The topological polar surface area (TPSA) is 132 Å². The first kappa shape index (κ1) is 13.2. The second-order valence-electron chi connectivity index (χ2n) is 3.86. The van der Waals surface area contributed by atoms with Gasteiger partial charge in [-0.1, -0.05) is 0 Å². The molecule has 1 amide bonds. The average Bonchev–Trinajstić information content (AvgIpc) is 2.94. The largest absolute Gasteiger partial charge is 0.320 e. The number of anilines is 1. The molecule has 0 fully saturated rings. The van der Waals surface area contributed by atoms with E-state index in [0.717, 1.165) is 10.9 Å². The van der Waals surface area contributed by atoms with Crippen LogP contribution in [0.25, 0.3) is 0 Å². The molecule has 0 spiro atoms. The van der Waals surface area contributed by atoms with Gasteiger partial charge in [0.2, 0.25) is 5.69 Å². The van der Waals surface area contributed by atoms with Crippen LogP contribution in [-0.4, -0.2) is 30.4 Å². The summed E-state index contributed by atoms with van der Waals surface area (Å²) >= 11 is 0. The number of hydrogen-bond acceptors (Lipinski definition) is 6. The highest BCUT2D eigenvalue weighted by molar-refractivity contribution is 6.05. The lowest BCUT2D eigenvalue weighted by Gasteiger charge is -2.05. The van der Waals surface area contributed by atoms with Gasteiger partial charge in [-0.3, -0.25) is 24.3 Å². The van der Waals surface area contributed by atoms with Crippen LogP contribution in [0.1, 0.15) is 16.1 Å². The van der Waals surface area contributed by atoms with Crippen molar-refractivity contribution in [3.8, 4) is 6.07 Å². The Morgan fingerprint density at radius 1 is 1.40 bits per heavy atom. The molecule has 102 valence electrons. The number of rotatable bonds is 3. The molecule has 0 unspecified atom stereocenters. The Balaban J connectivity index is 2.39. The molecular weight excluding hydrogens is 266 g/mol. The van der Waals surface area contributed by atoms with Gasteiger partial charge >= 0.3 is 5.69 Å². The fraction of sp³-hybridized carbons (Fsp3) is 0.200. The number of carbonyl (C=O) groups excluding carboxylic acids is 1. The highest BCUT2D eigenvalue weighted by Crippen LogP contribution is 2.20. The van der Waals surface area contributed by atoms with Crippen molar-refractivity contribution in [1.82, 2.24) is 19.6 Å². The van der Waals surface area contributed by atoms with Gasteiger partial charge in [-0.05, 0) is 0 Å². The predicted molar refractivity (Wildman–Crippen MR) is 65.7 cm³/mol. The normalized spacial score (nSPS) is 10.1. The number of aromatic nitrogens is 4. The minimum Gasteiger partial charge on any atom is -0.304 e. The van der Waals surface area contributed by atoms with Crippen LogP contribution in [0.3, 0.4) is 0 Å². The van der Waals surface area contributed by atoms with E-state index in [9.17, 15) is 14.9 Å². The molecule has 0 saturated heterocycles. The summed E-state index contributed by atoms with van der Waals surface area (Å²) in [4.78, 5) is 22.2. The summed E-state index contributed by atoms with van der Waals surface area (Å²) in [7, 11) is 2.95. The molecule has 2 rings (SSSR count). The monoisotopic (exact) mass is 275 g/mol. The van der Waals surface area contributed by atoms with E-state index >= 15 is 0 Å². The maximum atomic E-state index is 12.1. The first-order valence-electron chi connectivity index (χ1n) is 5.35. The molecule has 0 bridgehead atoms. The Hall–Kier alpha value is -3.22. The fourth-order valence-electron chi connectivity index (χ4n) is 1.66. The van der Waals surface area contributed by atoms with Crippen molar-refractivity contribution in [3.05, 3.63) is 33.8 Å². The molecule has 0 aliphatic rings. The standard InChI is InChI=1S/C10H9N7O3/c1-15-8(7(5-13-15)17(19)20)10(18)14-9-6(3-11)4-12-16(9)2/h4-5H,1-2H3,(H,14,18). The second kappa shape index (κ2) is 4.81. The minimum atomic E-state index is -0.739. The van der Waals surface area contributed by atoms with Crippen molar-refractivity contribution >= 4 is 17.4 Å². The Labute approximate surface area is 112 Å². The van der Waals surface area contributed by atoms with E-state index in [1.807, 2.05) is 6.07 Å². The molecular formula is C10H9N7O3. The first-order valence-corrected chi connectivity index (χ1v) is 5.35. The molecule has 2 aromatic heterocycles. The van der Waals surface area contributed by atoms with Crippen molar-refractivity contribution in [1.29, 1.82) is 5.26 Å². The number of hydrogen-bond donors (Lipinski definition) is 1. The molecule has 2 aromatic rings. The molecule has 0 aliphatic carbocycles. The third-order valence-electron chi connectivity index (χ3n) is 2.62. The molecule has 0 saturated carbocycles.